The van der Waals surface area contributed by atoms with Gasteiger partial charge in [0, 0.05) is 54.8 Å². The van der Waals surface area contributed by atoms with E-state index in [9.17, 15) is 19.2 Å². The van der Waals surface area contributed by atoms with Crippen LogP contribution in [0.2, 0.25) is 0 Å². The molecule has 1 rings (SSSR count). The van der Waals surface area contributed by atoms with E-state index in [1.807, 2.05) is 0 Å². The molecule has 0 aromatic rings. The van der Waals surface area contributed by atoms with Crippen LogP contribution in [0.4, 0.5) is 0 Å². The van der Waals surface area contributed by atoms with E-state index < -0.39 is 11.6 Å². The Morgan fingerprint density at radius 2 is 2.00 bits per heavy atom. The van der Waals surface area contributed by atoms with Crippen molar-refractivity contribution in [1.29, 1.82) is 0 Å². The molecule has 1 saturated carbocycles. The van der Waals surface area contributed by atoms with Crippen LogP contribution in [0.5, 0.6) is 0 Å². The Bertz CT molecular complexity index is 545. The molecule has 10 heteroatoms. The predicted octanol–water partition coefficient (Wildman–Crippen LogP) is 0.491. The fourth-order valence-electron chi connectivity index (χ4n) is 2.45. The topological polar surface area (TPSA) is 105 Å². The van der Waals surface area contributed by atoms with E-state index in [1.54, 1.807) is 48.6 Å². The third-order valence-electron chi connectivity index (χ3n) is 3.85. The maximum absolute atomic E-state index is 12.8. The smallest absolute Gasteiger partial charge is 0.305 e. The minimum Gasteiger partial charge on any atom is -0.469 e. The van der Waals surface area contributed by atoms with Crippen molar-refractivity contribution < 1.29 is 23.9 Å². The lowest BCUT2D eigenvalue weighted by Crippen LogP contribution is -2.56. The number of ether oxygens (including phenoxy) is 1. The molecular formula is C15H24IN3O5S. The van der Waals surface area contributed by atoms with Crippen LogP contribution >= 0.6 is 34.4 Å². The van der Waals surface area contributed by atoms with Crippen LogP contribution in [0.15, 0.2) is 0 Å². The molecule has 1 aliphatic rings. The Morgan fingerprint density at radius 3 is 2.48 bits per heavy atom. The summed E-state index contributed by atoms with van der Waals surface area (Å²) in [6.07, 6.45) is 0.958. The van der Waals surface area contributed by atoms with E-state index in [4.69, 9.17) is 0 Å². The number of halogens is 1. The van der Waals surface area contributed by atoms with Crippen LogP contribution in [0.3, 0.4) is 0 Å². The minimum atomic E-state index is -0.943. The Labute approximate surface area is 165 Å². The molecule has 2 N–H and O–H groups in total. The van der Waals surface area contributed by atoms with Gasteiger partial charge in [0.1, 0.15) is 11.6 Å². The quantitative estimate of drug-likeness (QED) is 0.200. The molecule has 0 aromatic carbocycles. The zero-order chi connectivity index (χ0) is 19.2. The summed E-state index contributed by atoms with van der Waals surface area (Å²) in [6.45, 7) is 1.74. The summed E-state index contributed by atoms with van der Waals surface area (Å²) in [5.74, 6) is -0.752. The number of hydrazine groups is 1. The summed E-state index contributed by atoms with van der Waals surface area (Å²) in [5.41, 5.74) is 2.11. The molecule has 0 spiro atoms. The third-order valence-corrected chi connectivity index (χ3v) is 5.72. The van der Waals surface area contributed by atoms with Gasteiger partial charge in [0.05, 0.1) is 13.5 Å². The lowest BCUT2D eigenvalue weighted by molar-refractivity contribution is -0.141. The van der Waals surface area contributed by atoms with Crippen LogP contribution < -0.4 is 10.7 Å². The summed E-state index contributed by atoms with van der Waals surface area (Å²) in [4.78, 5) is 47.5. The second-order valence-corrected chi connectivity index (χ2v) is 8.17. The zero-order valence-corrected chi connectivity index (χ0v) is 17.7. The molecule has 0 saturated heterocycles. The van der Waals surface area contributed by atoms with Gasteiger partial charge in [-0.2, -0.15) is 0 Å². The number of nitrogens with one attached hydrogen (secondary N) is 2. The van der Waals surface area contributed by atoms with Crippen molar-refractivity contribution in [3.8, 4) is 0 Å². The molecule has 0 heterocycles. The van der Waals surface area contributed by atoms with Gasteiger partial charge >= 0.3 is 5.97 Å². The van der Waals surface area contributed by atoms with Crippen LogP contribution in [0, 0.1) is 5.92 Å². The molecule has 142 valence electrons. The second kappa shape index (κ2) is 9.83. The molecule has 0 radical (unpaired) electrons. The second-order valence-electron chi connectivity index (χ2n) is 6.03. The lowest BCUT2D eigenvalue weighted by Gasteiger charge is -2.25. The van der Waals surface area contributed by atoms with Gasteiger partial charge in [-0.1, -0.05) is 18.7 Å². The largest absolute Gasteiger partial charge is 0.469 e. The first-order chi connectivity index (χ1) is 11.7. The lowest BCUT2D eigenvalue weighted by atomic mass is 10.1. The van der Waals surface area contributed by atoms with Crippen molar-refractivity contribution in [3.05, 3.63) is 0 Å². The van der Waals surface area contributed by atoms with Gasteiger partial charge < -0.3 is 10.1 Å². The van der Waals surface area contributed by atoms with Crippen LogP contribution in [0.25, 0.3) is 0 Å². The maximum Gasteiger partial charge on any atom is 0.305 e. The molecule has 1 unspecified atom stereocenters. The molecule has 1 aliphatic carbocycles. The highest BCUT2D eigenvalue weighted by atomic mass is 127. The van der Waals surface area contributed by atoms with Crippen molar-refractivity contribution in [1.82, 2.24) is 15.8 Å². The summed E-state index contributed by atoms with van der Waals surface area (Å²) >= 11 is 2.65. The SMILES string of the molecule is CCC(=O)SC[C@H](NC(=O)[C@@]1(NN(C)C)CC1CC(=O)OC)C(=O)I. The number of esters is 1. The van der Waals surface area contributed by atoms with E-state index >= 15 is 0 Å². The van der Waals surface area contributed by atoms with Crippen molar-refractivity contribution in [3.63, 3.8) is 0 Å². The molecule has 25 heavy (non-hydrogen) atoms. The normalized spacial score (nSPS) is 23.0. The maximum atomic E-state index is 12.8. The molecular weight excluding hydrogens is 461 g/mol. The Kier molecular flexibility index (Phi) is 8.78. The first-order valence-corrected chi connectivity index (χ1v) is 9.90. The van der Waals surface area contributed by atoms with E-state index in [0.29, 0.717) is 12.8 Å². The van der Waals surface area contributed by atoms with Crippen molar-refractivity contribution in [2.75, 3.05) is 27.0 Å². The standard InChI is InChI=1S/C15H24IN3O5S/c1-5-12(21)25-8-10(13(16)22)17-14(23)15(18-19(2)3)7-9(15)6-11(20)24-4/h9-10,18H,5-8H2,1-4H3,(H,17,23)/t9?,10-,15+/m0/s1. The molecule has 1 fully saturated rings. The van der Waals surface area contributed by atoms with Crippen molar-refractivity contribution in [2.45, 2.75) is 37.8 Å². The Morgan fingerprint density at radius 1 is 1.36 bits per heavy atom. The number of hydrogen-bond acceptors (Lipinski definition) is 8. The monoisotopic (exact) mass is 485 g/mol. The highest BCUT2D eigenvalue weighted by Crippen LogP contribution is 2.46. The average molecular weight is 485 g/mol. The number of rotatable bonds is 10. The van der Waals surface area contributed by atoms with Crippen LogP contribution in [0.1, 0.15) is 26.2 Å². The summed E-state index contributed by atoms with van der Waals surface area (Å²) in [6, 6.07) is -0.756. The van der Waals surface area contributed by atoms with Crippen LogP contribution in [-0.4, -0.2) is 64.3 Å². The minimum absolute atomic E-state index is 0.0342. The summed E-state index contributed by atoms with van der Waals surface area (Å²) in [5, 5.41) is 4.33. The van der Waals surface area contributed by atoms with Gasteiger partial charge in [-0.25, -0.2) is 10.4 Å². The summed E-state index contributed by atoms with van der Waals surface area (Å²) < 4.78 is 4.42. The molecule has 0 bridgehead atoms. The first kappa shape index (κ1) is 22.3. The molecule has 0 aliphatic heterocycles. The molecule has 1 amide bonds. The highest BCUT2D eigenvalue weighted by Gasteiger charge is 2.61. The fourth-order valence-corrected chi connectivity index (χ4v) is 3.92. The molecule has 0 aromatic heterocycles. The van der Waals surface area contributed by atoms with Gasteiger partial charge in [0.2, 0.25) is 9.70 Å². The number of carbonyl (C=O) groups excluding carboxylic acids is 4. The summed E-state index contributed by atoms with van der Waals surface area (Å²) in [7, 11) is 4.80. The van der Waals surface area contributed by atoms with Gasteiger partial charge in [-0.05, 0) is 6.42 Å². The third kappa shape index (κ3) is 6.50. The number of methoxy groups -OCH3 is 1. The number of carbonyl (C=O) groups is 4. The fraction of sp³-hybridized carbons (Fsp3) is 0.733. The highest BCUT2D eigenvalue weighted by molar-refractivity contribution is 14.1. The van der Waals surface area contributed by atoms with Crippen LogP contribution in [-0.2, 0) is 23.9 Å². The van der Waals surface area contributed by atoms with Gasteiger partial charge in [-0.15, -0.1) is 0 Å². The zero-order valence-electron chi connectivity index (χ0n) is 14.8. The Hall–Kier alpha value is -0.720. The van der Waals surface area contributed by atoms with Gasteiger partial charge in [0.15, 0.2) is 5.12 Å². The Balaban J connectivity index is 2.78. The molecule has 8 nitrogen and oxygen atoms in total. The molecule has 3 atom stereocenters. The van der Waals surface area contributed by atoms with E-state index in [2.05, 4.69) is 15.5 Å². The number of hydrogen-bond donors (Lipinski definition) is 2. The van der Waals surface area contributed by atoms with Gasteiger partial charge in [0.25, 0.3) is 0 Å². The van der Waals surface area contributed by atoms with Gasteiger partial charge in [-0.3, -0.25) is 19.2 Å². The number of amides is 1. The van der Waals surface area contributed by atoms with E-state index in [-0.39, 0.29) is 38.9 Å². The van der Waals surface area contributed by atoms with Crippen molar-refractivity contribution in [2.24, 2.45) is 5.92 Å². The average Bonchev–Trinajstić information content (AvgIpc) is 3.22. The van der Waals surface area contributed by atoms with Crippen molar-refractivity contribution >= 4 is 55.1 Å². The first-order valence-electron chi connectivity index (χ1n) is 7.84. The number of thioether (sulfide) groups is 1. The predicted molar refractivity (Wildman–Crippen MR) is 103 cm³/mol. The number of nitrogens with zero attached hydrogens (tertiary/aromatic N) is 1. The van der Waals surface area contributed by atoms with E-state index in [1.165, 1.54) is 7.11 Å². The van der Waals surface area contributed by atoms with E-state index in [0.717, 1.165) is 11.8 Å².